The molecule has 0 saturated carbocycles. The van der Waals surface area contributed by atoms with Gasteiger partial charge >= 0.3 is 0 Å². The van der Waals surface area contributed by atoms with E-state index in [0.717, 1.165) is 15.4 Å². The van der Waals surface area contributed by atoms with Crippen molar-refractivity contribution in [1.29, 1.82) is 0 Å². The molecule has 1 amide bonds. The van der Waals surface area contributed by atoms with Gasteiger partial charge in [-0.15, -0.1) is 5.10 Å². The number of amides is 1. The third-order valence-corrected chi connectivity index (χ3v) is 3.65. The van der Waals surface area contributed by atoms with Crippen LogP contribution in [-0.4, -0.2) is 40.0 Å². The molecule has 0 aliphatic heterocycles. The number of ether oxygens (including phenoxy) is 1. The molecule has 120 valence electrons. The fourth-order valence-corrected chi connectivity index (χ4v) is 2.42. The van der Waals surface area contributed by atoms with Crippen LogP contribution in [0.1, 0.15) is 19.8 Å². The summed E-state index contributed by atoms with van der Waals surface area (Å²) in [5, 5.41) is 17.0. The molecule has 1 atom stereocenters. The van der Waals surface area contributed by atoms with Crippen LogP contribution < -0.4 is 10.1 Å². The molecule has 1 aromatic carbocycles. The molecule has 0 bridgehead atoms. The van der Waals surface area contributed by atoms with Crippen molar-refractivity contribution in [2.45, 2.75) is 25.9 Å². The van der Waals surface area contributed by atoms with Crippen molar-refractivity contribution in [2.24, 2.45) is 7.05 Å². The van der Waals surface area contributed by atoms with E-state index in [1.165, 1.54) is 0 Å². The Morgan fingerprint density at radius 1 is 1.55 bits per heavy atom. The first kappa shape index (κ1) is 16.8. The number of benzene rings is 1. The number of aliphatic hydroxyl groups excluding tert-OH is 1. The van der Waals surface area contributed by atoms with Gasteiger partial charge in [0.2, 0.25) is 11.8 Å². The van der Waals surface area contributed by atoms with E-state index in [2.05, 4.69) is 26.3 Å². The zero-order chi connectivity index (χ0) is 16.1. The number of carbonyl (C=O) groups excluding carboxylic acids is 1. The van der Waals surface area contributed by atoms with Crippen LogP contribution in [0, 0.1) is 0 Å². The first-order valence-corrected chi connectivity index (χ1v) is 7.96. The van der Waals surface area contributed by atoms with E-state index in [1.807, 2.05) is 25.2 Å². The van der Waals surface area contributed by atoms with Crippen LogP contribution in [0.5, 0.6) is 5.88 Å². The molecular weight excluding hydrogens is 350 g/mol. The summed E-state index contributed by atoms with van der Waals surface area (Å²) in [5.41, 5.74) is 0.993. The van der Waals surface area contributed by atoms with Crippen LogP contribution >= 0.6 is 15.9 Å². The molecule has 1 unspecified atom stereocenters. The van der Waals surface area contributed by atoms with Gasteiger partial charge < -0.3 is 15.2 Å². The second-order valence-electron chi connectivity index (χ2n) is 5.20. The van der Waals surface area contributed by atoms with E-state index in [1.54, 1.807) is 11.6 Å². The maximum atomic E-state index is 11.5. The molecule has 1 heterocycles. The van der Waals surface area contributed by atoms with Gasteiger partial charge in [-0.2, -0.15) is 0 Å². The smallest absolute Gasteiger partial charge is 0.240 e. The molecular formula is C15H20BrN3O3. The number of carbonyl (C=O) groups is 1. The number of nitrogens with zero attached hydrogens (tertiary/aromatic N) is 2. The molecule has 7 heteroatoms. The summed E-state index contributed by atoms with van der Waals surface area (Å²) < 4.78 is 8.43. The predicted octanol–water partition coefficient (Wildman–Crippen LogP) is 1.99. The lowest BCUT2D eigenvalue weighted by molar-refractivity contribution is -0.121. The molecule has 1 aromatic heterocycles. The molecule has 0 aliphatic carbocycles. The molecule has 2 N–H and O–H groups in total. The highest BCUT2D eigenvalue weighted by Crippen LogP contribution is 2.27. The van der Waals surface area contributed by atoms with Gasteiger partial charge in [-0.1, -0.05) is 15.9 Å². The molecule has 0 aliphatic rings. The van der Waals surface area contributed by atoms with Crippen molar-refractivity contribution in [3.63, 3.8) is 0 Å². The molecule has 0 radical (unpaired) electrons. The number of nitrogens with one attached hydrogen (secondary N) is 1. The molecule has 22 heavy (non-hydrogen) atoms. The Morgan fingerprint density at radius 2 is 2.32 bits per heavy atom. The lowest BCUT2D eigenvalue weighted by Crippen LogP contribution is -2.30. The Kier molecular flexibility index (Phi) is 5.79. The Morgan fingerprint density at radius 3 is 3.05 bits per heavy atom. The summed E-state index contributed by atoms with van der Waals surface area (Å²) in [7, 11) is 1.87. The third kappa shape index (κ3) is 4.45. The highest BCUT2D eigenvalue weighted by atomic mass is 79.9. The van der Waals surface area contributed by atoms with Crippen LogP contribution in [-0.2, 0) is 11.8 Å². The minimum atomic E-state index is -0.529. The monoisotopic (exact) mass is 369 g/mol. The highest BCUT2D eigenvalue weighted by Gasteiger charge is 2.10. The van der Waals surface area contributed by atoms with Crippen LogP contribution in [0.4, 0.5) is 0 Å². The van der Waals surface area contributed by atoms with Gasteiger partial charge in [0, 0.05) is 24.5 Å². The number of aryl methyl sites for hydroxylation is 1. The number of hydrogen-bond donors (Lipinski definition) is 2. The second kappa shape index (κ2) is 7.60. The summed E-state index contributed by atoms with van der Waals surface area (Å²) >= 11 is 3.44. The average molecular weight is 370 g/mol. The van der Waals surface area contributed by atoms with E-state index >= 15 is 0 Å². The Balaban J connectivity index is 1.85. The van der Waals surface area contributed by atoms with Crippen LogP contribution in [0.3, 0.4) is 0 Å². The SMILES string of the molecule is CC(O)CNC(=O)CCCOc1nn(C)c2ccc(Br)cc12. The van der Waals surface area contributed by atoms with Crippen LogP contribution in [0.2, 0.25) is 0 Å². The highest BCUT2D eigenvalue weighted by molar-refractivity contribution is 9.10. The number of halogens is 1. The molecule has 6 nitrogen and oxygen atoms in total. The van der Waals surface area contributed by atoms with Gasteiger partial charge in [0.25, 0.3) is 0 Å². The van der Waals surface area contributed by atoms with E-state index in [-0.39, 0.29) is 12.5 Å². The summed E-state index contributed by atoms with van der Waals surface area (Å²) in [5.74, 6) is 0.487. The van der Waals surface area contributed by atoms with Crippen LogP contribution in [0.15, 0.2) is 22.7 Å². The molecule has 2 aromatic rings. The molecule has 0 saturated heterocycles. The summed E-state index contributed by atoms with van der Waals surface area (Å²) in [6.07, 6.45) is 0.428. The largest absolute Gasteiger partial charge is 0.476 e. The maximum absolute atomic E-state index is 11.5. The van der Waals surface area contributed by atoms with Crippen molar-refractivity contribution < 1.29 is 14.6 Å². The number of aromatic nitrogens is 2. The standard InChI is InChI=1S/C15H20BrN3O3/c1-10(20)9-17-14(21)4-3-7-22-15-12-8-11(16)5-6-13(12)19(2)18-15/h5-6,8,10,20H,3-4,7,9H2,1-2H3,(H,17,21). The van der Waals surface area contributed by atoms with E-state index < -0.39 is 6.10 Å². The topological polar surface area (TPSA) is 76.4 Å². The lowest BCUT2D eigenvalue weighted by atomic mass is 10.2. The minimum Gasteiger partial charge on any atom is -0.476 e. The average Bonchev–Trinajstić information content (AvgIpc) is 2.77. The van der Waals surface area contributed by atoms with Crippen molar-refractivity contribution in [3.05, 3.63) is 22.7 Å². The zero-order valence-corrected chi connectivity index (χ0v) is 14.3. The minimum absolute atomic E-state index is 0.0851. The second-order valence-corrected chi connectivity index (χ2v) is 6.11. The molecule has 0 spiro atoms. The molecule has 0 fully saturated rings. The van der Waals surface area contributed by atoms with Crippen molar-refractivity contribution in [3.8, 4) is 5.88 Å². The predicted molar refractivity (Wildman–Crippen MR) is 87.8 cm³/mol. The van der Waals surface area contributed by atoms with E-state index in [4.69, 9.17) is 9.84 Å². The van der Waals surface area contributed by atoms with Gasteiger partial charge in [-0.05, 0) is 31.5 Å². The van der Waals surface area contributed by atoms with Gasteiger partial charge in [-0.3, -0.25) is 9.48 Å². The lowest BCUT2D eigenvalue weighted by Gasteiger charge is -2.07. The fourth-order valence-electron chi connectivity index (χ4n) is 2.06. The normalized spacial score (nSPS) is 12.4. The zero-order valence-electron chi connectivity index (χ0n) is 12.7. The fraction of sp³-hybridized carbons (Fsp3) is 0.467. The van der Waals surface area contributed by atoms with E-state index in [9.17, 15) is 4.79 Å². The molecule has 2 rings (SSSR count). The maximum Gasteiger partial charge on any atom is 0.240 e. The third-order valence-electron chi connectivity index (χ3n) is 3.16. The Bertz CT molecular complexity index is 655. The first-order chi connectivity index (χ1) is 10.5. The van der Waals surface area contributed by atoms with E-state index in [0.29, 0.717) is 25.3 Å². The van der Waals surface area contributed by atoms with Gasteiger partial charge in [0.05, 0.1) is 23.6 Å². The van der Waals surface area contributed by atoms with Gasteiger partial charge in [0.15, 0.2) is 0 Å². The van der Waals surface area contributed by atoms with Crippen molar-refractivity contribution >= 4 is 32.7 Å². The summed E-state index contributed by atoms with van der Waals surface area (Å²) in [6.45, 7) is 2.33. The number of hydrogen-bond acceptors (Lipinski definition) is 4. The van der Waals surface area contributed by atoms with Crippen molar-refractivity contribution in [2.75, 3.05) is 13.2 Å². The Hall–Kier alpha value is -1.60. The van der Waals surface area contributed by atoms with Crippen LogP contribution in [0.25, 0.3) is 10.9 Å². The number of fused-ring (bicyclic) bond motifs is 1. The summed E-state index contributed by atoms with van der Waals surface area (Å²) in [4.78, 5) is 11.5. The Labute approximate surface area is 137 Å². The number of aliphatic hydroxyl groups is 1. The quantitative estimate of drug-likeness (QED) is 0.731. The summed E-state index contributed by atoms with van der Waals surface area (Å²) in [6, 6.07) is 5.90. The van der Waals surface area contributed by atoms with Gasteiger partial charge in [-0.25, -0.2) is 0 Å². The van der Waals surface area contributed by atoms with Crippen molar-refractivity contribution in [1.82, 2.24) is 15.1 Å². The van der Waals surface area contributed by atoms with Gasteiger partial charge in [0.1, 0.15) is 0 Å². The first-order valence-electron chi connectivity index (χ1n) is 7.17. The number of rotatable bonds is 7.